The van der Waals surface area contributed by atoms with E-state index in [4.69, 9.17) is 4.74 Å². The predicted octanol–water partition coefficient (Wildman–Crippen LogP) is 1.89. The van der Waals surface area contributed by atoms with E-state index in [1.807, 2.05) is 20.8 Å². The monoisotopic (exact) mass is 293 g/mol. The first kappa shape index (κ1) is 15.5. The predicted molar refractivity (Wildman–Crippen MR) is 79.3 cm³/mol. The molecule has 2 rings (SSSR count). The second-order valence-electron chi connectivity index (χ2n) is 6.46. The Morgan fingerprint density at radius 3 is 2.43 bits per heavy atom. The minimum absolute atomic E-state index is 0.107. The van der Waals surface area contributed by atoms with E-state index >= 15 is 0 Å². The molecule has 1 saturated heterocycles. The number of carbonyl (C=O) groups excluding carboxylic acids is 1. The Balaban J connectivity index is 1.95. The summed E-state index contributed by atoms with van der Waals surface area (Å²) in [4.78, 5) is 25.1. The lowest BCUT2D eigenvalue weighted by Crippen LogP contribution is -2.41. The summed E-state index contributed by atoms with van der Waals surface area (Å²) in [5.41, 5.74) is 0.346. The molecule has 116 valence electrons. The lowest BCUT2D eigenvalue weighted by Gasteiger charge is -2.33. The SMILES string of the molecule is Cn1nc(C2CCN(C(=O)OC(C)(C)C)CC2)ccc1=O. The molecular formula is C15H23N3O3. The number of nitrogens with zero attached hydrogens (tertiary/aromatic N) is 3. The van der Waals surface area contributed by atoms with Crippen molar-refractivity contribution in [1.82, 2.24) is 14.7 Å². The Morgan fingerprint density at radius 1 is 1.29 bits per heavy atom. The topological polar surface area (TPSA) is 64.4 Å². The van der Waals surface area contributed by atoms with Crippen molar-refractivity contribution in [3.63, 3.8) is 0 Å². The van der Waals surface area contributed by atoms with Crippen molar-refractivity contribution in [2.45, 2.75) is 45.1 Å². The van der Waals surface area contributed by atoms with Gasteiger partial charge in [0.1, 0.15) is 5.60 Å². The normalized spacial score (nSPS) is 16.9. The van der Waals surface area contributed by atoms with Gasteiger partial charge in [0.05, 0.1) is 5.69 Å². The van der Waals surface area contributed by atoms with Crippen molar-refractivity contribution in [3.8, 4) is 0 Å². The summed E-state index contributed by atoms with van der Waals surface area (Å²) in [6, 6.07) is 3.33. The maximum atomic E-state index is 12.0. The molecule has 1 aliphatic rings. The first-order chi connectivity index (χ1) is 9.76. The number of amides is 1. The van der Waals surface area contributed by atoms with E-state index in [2.05, 4.69) is 5.10 Å². The number of ether oxygens (including phenoxy) is 1. The zero-order chi connectivity index (χ0) is 15.6. The Hall–Kier alpha value is -1.85. The zero-order valence-corrected chi connectivity index (χ0v) is 13.1. The Labute approximate surface area is 124 Å². The number of piperidine rings is 1. The summed E-state index contributed by atoms with van der Waals surface area (Å²) in [5, 5.41) is 4.30. The number of aromatic nitrogens is 2. The maximum absolute atomic E-state index is 12.0. The van der Waals surface area contributed by atoms with Crippen LogP contribution in [0.5, 0.6) is 0 Å². The number of rotatable bonds is 1. The highest BCUT2D eigenvalue weighted by atomic mass is 16.6. The third-order valence-corrected chi connectivity index (χ3v) is 3.55. The molecule has 6 nitrogen and oxygen atoms in total. The van der Waals surface area contributed by atoms with Gasteiger partial charge in [-0.05, 0) is 39.7 Å². The van der Waals surface area contributed by atoms with Gasteiger partial charge in [0.15, 0.2) is 0 Å². The van der Waals surface area contributed by atoms with Gasteiger partial charge >= 0.3 is 6.09 Å². The standard InChI is InChI=1S/C15H23N3O3/c1-15(2,3)21-14(20)18-9-7-11(8-10-18)12-5-6-13(19)17(4)16-12/h5-6,11H,7-10H2,1-4H3. The third kappa shape index (κ3) is 4.06. The molecule has 0 atom stereocenters. The number of hydrogen-bond acceptors (Lipinski definition) is 4. The molecule has 1 amide bonds. The molecule has 0 unspecified atom stereocenters. The zero-order valence-electron chi connectivity index (χ0n) is 13.1. The molecular weight excluding hydrogens is 270 g/mol. The third-order valence-electron chi connectivity index (χ3n) is 3.55. The van der Waals surface area contributed by atoms with E-state index in [-0.39, 0.29) is 17.6 Å². The molecule has 1 aromatic heterocycles. The van der Waals surface area contributed by atoms with Crippen molar-refractivity contribution in [2.75, 3.05) is 13.1 Å². The number of hydrogen-bond donors (Lipinski definition) is 0. The minimum atomic E-state index is -0.465. The van der Waals surface area contributed by atoms with Crippen LogP contribution >= 0.6 is 0 Å². The van der Waals surface area contributed by atoms with Gasteiger partial charge < -0.3 is 9.64 Å². The van der Waals surface area contributed by atoms with E-state index in [0.29, 0.717) is 13.1 Å². The van der Waals surface area contributed by atoms with Gasteiger partial charge in [-0.2, -0.15) is 5.10 Å². The molecule has 21 heavy (non-hydrogen) atoms. The molecule has 1 fully saturated rings. The Morgan fingerprint density at radius 2 is 1.90 bits per heavy atom. The van der Waals surface area contributed by atoms with E-state index in [1.54, 1.807) is 24.1 Å². The van der Waals surface area contributed by atoms with Crippen molar-refractivity contribution in [2.24, 2.45) is 7.05 Å². The fourth-order valence-corrected chi connectivity index (χ4v) is 2.42. The van der Waals surface area contributed by atoms with Gasteiger partial charge in [-0.25, -0.2) is 9.48 Å². The molecule has 1 aromatic rings. The minimum Gasteiger partial charge on any atom is -0.444 e. The van der Waals surface area contributed by atoms with Crippen LogP contribution in [-0.2, 0) is 11.8 Å². The summed E-state index contributed by atoms with van der Waals surface area (Å²) in [6.07, 6.45) is 1.42. The van der Waals surface area contributed by atoms with Crippen molar-refractivity contribution >= 4 is 6.09 Å². The van der Waals surface area contributed by atoms with Crippen LogP contribution in [0.4, 0.5) is 4.79 Å². The first-order valence-corrected chi connectivity index (χ1v) is 7.28. The molecule has 0 aliphatic carbocycles. The summed E-state index contributed by atoms with van der Waals surface area (Å²) in [7, 11) is 1.65. The van der Waals surface area contributed by atoms with Crippen LogP contribution in [0.1, 0.15) is 45.2 Å². The fraction of sp³-hybridized carbons (Fsp3) is 0.667. The molecule has 0 spiro atoms. The second-order valence-corrected chi connectivity index (χ2v) is 6.46. The molecule has 2 heterocycles. The van der Waals surface area contributed by atoms with E-state index < -0.39 is 5.60 Å². The number of likely N-dealkylation sites (tertiary alicyclic amines) is 1. The van der Waals surface area contributed by atoms with Crippen LogP contribution < -0.4 is 5.56 Å². The van der Waals surface area contributed by atoms with E-state index in [9.17, 15) is 9.59 Å². The quantitative estimate of drug-likeness (QED) is 0.793. The van der Waals surface area contributed by atoms with Crippen LogP contribution in [0.25, 0.3) is 0 Å². The van der Waals surface area contributed by atoms with E-state index in [1.165, 1.54) is 4.68 Å². The summed E-state index contributed by atoms with van der Waals surface area (Å²) in [5.74, 6) is 0.287. The highest BCUT2D eigenvalue weighted by Gasteiger charge is 2.28. The van der Waals surface area contributed by atoms with E-state index in [0.717, 1.165) is 18.5 Å². The highest BCUT2D eigenvalue weighted by Crippen LogP contribution is 2.26. The lowest BCUT2D eigenvalue weighted by atomic mass is 9.93. The van der Waals surface area contributed by atoms with Gasteiger partial charge in [0, 0.05) is 32.1 Å². The van der Waals surface area contributed by atoms with Crippen molar-refractivity contribution < 1.29 is 9.53 Å². The van der Waals surface area contributed by atoms with Gasteiger partial charge in [-0.3, -0.25) is 4.79 Å². The summed E-state index contributed by atoms with van der Waals surface area (Å²) < 4.78 is 6.74. The second kappa shape index (κ2) is 5.87. The Kier molecular flexibility index (Phi) is 4.34. The van der Waals surface area contributed by atoms with Crippen LogP contribution in [0, 0.1) is 0 Å². The first-order valence-electron chi connectivity index (χ1n) is 7.28. The van der Waals surface area contributed by atoms with Gasteiger partial charge in [-0.1, -0.05) is 0 Å². The smallest absolute Gasteiger partial charge is 0.410 e. The highest BCUT2D eigenvalue weighted by molar-refractivity contribution is 5.68. The fourth-order valence-electron chi connectivity index (χ4n) is 2.42. The van der Waals surface area contributed by atoms with Gasteiger partial charge in [0.2, 0.25) is 0 Å². The molecule has 6 heteroatoms. The van der Waals surface area contributed by atoms with Crippen LogP contribution in [-0.4, -0.2) is 39.5 Å². The van der Waals surface area contributed by atoms with Crippen LogP contribution in [0.15, 0.2) is 16.9 Å². The average Bonchev–Trinajstić information content (AvgIpc) is 2.40. The van der Waals surface area contributed by atoms with Crippen molar-refractivity contribution in [1.29, 1.82) is 0 Å². The molecule has 1 aliphatic heterocycles. The van der Waals surface area contributed by atoms with Crippen LogP contribution in [0.2, 0.25) is 0 Å². The molecule has 0 aromatic carbocycles. The molecule has 0 N–H and O–H groups in total. The number of aryl methyl sites for hydroxylation is 1. The molecule has 0 bridgehead atoms. The van der Waals surface area contributed by atoms with Crippen molar-refractivity contribution in [3.05, 3.63) is 28.2 Å². The van der Waals surface area contributed by atoms with Crippen LogP contribution in [0.3, 0.4) is 0 Å². The summed E-state index contributed by atoms with van der Waals surface area (Å²) in [6.45, 7) is 6.92. The van der Waals surface area contributed by atoms with Gasteiger partial charge in [0.25, 0.3) is 5.56 Å². The summed E-state index contributed by atoms with van der Waals surface area (Å²) >= 11 is 0. The van der Waals surface area contributed by atoms with Gasteiger partial charge in [-0.15, -0.1) is 0 Å². The Bertz CT molecular complexity index is 566. The number of carbonyl (C=O) groups is 1. The lowest BCUT2D eigenvalue weighted by molar-refractivity contribution is 0.0203. The molecule has 0 saturated carbocycles. The molecule has 0 radical (unpaired) electrons. The maximum Gasteiger partial charge on any atom is 0.410 e. The largest absolute Gasteiger partial charge is 0.444 e. The average molecular weight is 293 g/mol.